The summed E-state index contributed by atoms with van der Waals surface area (Å²) in [6.45, 7) is 5.33. The third-order valence-corrected chi connectivity index (χ3v) is 6.37. The first-order valence-electron chi connectivity index (χ1n) is 9.22. The normalized spacial score (nSPS) is 16.7. The van der Waals surface area contributed by atoms with Crippen molar-refractivity contribution in [3.63, 3.8) is 0 Å². The molecule has 1 aliphatic rings. The van der Waals surface area contributed by atoms with E-state index in [2.05, 4.69) is 50.9 Å². The first kappa shape index (κ1) is 18.8. The summed E-state index contributed by atoms with van der Waals surface area (Å²) in [6, 6.07) is 10.7. The highest BCUT2D eigenvalue weighted by Crippen LogP contribution is 2.44. The van der Waals surface area contributed by atoms with Crippen LogP contribution in [0.15, 0.2) is 44.6 Å². The molecule has 0 unspecified atom stereocenters. The monoisotopic (exact) mass is 372 g/mol. The summed E-state index contributed by atoms with van der Waals surface area (Å²) >= 11 is 1.99. The van der Waals surface area contributed by atoms with Crippen LogP contribution in [0.25, 0.3) is 0 Å². The van der Waals surface area contributed by atoms with Crippen molar-refractivity contribution in [2.24, 2.45) is 4.99 Å². The number of guanidine groups is 1. The molecule has 1 fully saturated rings. The largest absolute Gasteiger partial charge is 0.444 e. The maximum absolute atomic E-state index is 5.63. The zero-order chi connectivity index (χ0) is 18.4. The van der Waals surface area contributed by atoms with Crippen LogP contribution in [0, 0.1) is 13.8 Å². The number of nitrogens with one attached hydrogen (secondary N) is 2. The predicted molar refractivity (Wildman–Crippen MR) is 108 cm³/mol. The minimum absolute atomic E-state index is 0.231. The molecule has 5 nitrogen and oxygen atoms in total. The molecule has 1 heterocycles. The molecule has 1 aliphatic carbocycles. The Kier molecular flexibility index (Phi) is 6.25. The molecular weight excluding hydrogens is 344 g/mol. The molecule has 1 saturated carbocycles. The van der Waals surface area contributed by atoms with E-state index in [-0.39, 0.29) is 4.75 Å². The zero-order valence-corrected chi connectivity index (χ0v) is 16.7. The average Bonchev–Trinajstić information content (AvgIpc) is 3.23. The van der Waals surface area contributed by atoms with Crippen molar-refractivity contribution < 1.29 is 4.42 Å². The summed E-state index contributed by atoms with van der Waals surface area (Å²) in [5, 5.41) is 6.82. The van der Waals surface area contributed by atoms with Gasteiger partial charge in [0.25, 0.3) is 0 Å². The lowest BCUT2D eigenvalue weighted by molar-refractivity contribution is 0.463. The second-order valence-electron chi connectivity index (χ2n) is 6.83. The lowest BCUT2D eigenvalue weighted by Crippen LogP contribution is -2.44. The van der Waals surface area contributed by atoms with E-state index in [9.17, 15) is 0 Å². The van der Waals surface area contributed by atoms with Crippen molar-refractivity contribution >= 4 is 17.7 Å². The first-order chi connectivity index (χ1) is 12.6. The molecule has 0 amide bonds. The number of aromatic nitrogens is 1. The average molecular weight is 373 g/mol. The van der Waals surface area contributed by atoms with E-state index in [4.69, 9.17) is 4.42 Å². The van der Waals surface area contributed by atoms with Crippen molar-refractivity contribution in [3.8, 4) is 0 Å². The number of oxazole rings is 1. The van der Waals surface area contributed by atoms with Crippen molar-refractivity contribution in [2.45, 2.75) is 55.7 Å². The van der Waals surface area contributed by atoms with Crippen LogP contribution in [0.4, 0.5) is 0 Å². The molecule has 2 aromatic rings. The Bertz CT molecular complexity index is 716. The van der Waals surface area contributed by atoms with Crippen LogP contribution in [0.1, 0.15) is 43.0 Å². The molecule has 0 saturated heterocycles. The van der Waals surface area contributed by atoms with Crippen molar-refractivity contribution in [1.29, 1.82) is 0 Å². The van der Waals surface area contributed by atoms with Gasteiger partial charge in [0, 0.05) is 23.2 Å². The molecule has 1 aromatic carbocycles. The second kappa shape index (κ2) is 8.62. The van der Waals surface area contributed by atoms with Gasteiger partial charge in [0.2, 0.25) is 5.89 Å². The van der Waals surface area contributed by atoms with E-state index < -0.39 is 0 Å². The van der Waals surface area contributed by atoms with Gasteiger partial charge in [0.1, 0.15) is 5.76 Å². The Hall–Kier alpha value is -1.95. The van der Waals surface area contributed by atoms with Gasteiger partial charge in [0.15, 0.2) is 5.96 Å². The highest BCUT2D eigenvalue weighted by molar-refractivity contribution is 8.00. The molecule has 140 valence electrons. The third-order valence-electron chi connectivity index (χ3n) is 4.87. The summed E-state index contributed by atoms with van der Waals surface area (Å²) in [5.41, 5.74) is 0.939. The highest BCUT2D eigenvalue weighted by Gasteiger charge is 2.35. The fraction of sp³-hybridized carbons (Fsp3) is 0.500. The van der Waals surface area contributed by atoms with Gasteiger partial charge in [-0.15, -0.1) is 11.8 Å². The maximum atomic E-state index is 5.63. The number of hydrogen-bond acceptors (Lipinski definition) is 4. The lowest BCUT2D eigenvalue weighted by Gasteiger charge is -2.29. The van der Waals surface area contributed by atoms with Crippen molar-refractivity contribution in [3.05, 3.63) is 47.7 Å². The number of benzene rings is 1. The zero-order valence-electron chi connectivity index (χ0n) is 15.8. The summed E-state index contributed by atoms with van der Waals surface area (Å²) in [6.07, 6.45) is 5.05. The molecule has 2 N–H and O–H groups in total. The Morgan fingerprint density at radius 1 is 1.19 bits per heavy atom. The van der Waals surface area contributed by atoms with Crippen LogP contribution < -0.4 is 10.6 Å². The summed E-state index contributed by atoms with van der Waals surface area (Å²) in [7, 11) is 1.80. The van der Waals surface area contributed by atoms with Crippen LogP contribution in [0.3, 0.4) is 0 Å². The van der Waals surface area contributed by atoms with E-state index in [0.29, 0.717) is 12.4 Å². The van der Waals surface area contributed by atoms with E-state index in [1.165, 1.54) is 30.6 Å². The smallest absolute Gasteiger partial charge is 0.214 e. The molecule has 6 heteroatoms. The molecular formula is C20H28N4OS. The summed E-state index contributed by atoms with van der Waals surface area (Å²) in [4.78, 5) is 10.1. The minimum Gasteiger partial charge on any atom is -0.444 e. The quantitative estimate of drug-likeness (QED) is 0.591. The second-order valence-corrected chi connectivity index (χ2v) is 8.38. The van der Waals surface area contributed by atoms with Gasteiger partial charge in [-0.25, -0.2) is 4.98 Å². The standard InChI is InChI=1S/C20H28N4OS/c1-15-16(2)25-18(24-15)13-22-19(21-3)23-14-20(11-7-8-12-20)26-17-9-5-4-6-10-17/h4-6,9-10H,7-8,11-14H2,1-3H3,(H2,21,22,23). The van der Waals surface area contributed by atoms with Gasteiger partial charge in [-0.3, -0.25) is 4.99 Å². The summed E-state index contributed by atoms with van der Waals surface area (Å²) in [5.74, 6) is 2.35. The van der Waals surface area contributed by atoms with Gasteiger partial charge in [-0.05, 0) is 38.8 Å². The van der Waals surface area contributed by atoms with Gasteiger partial charge in [-0.1, -0.05) is 31.0 Å². The first-order valence-corrected chi connectivity index (χ1v) is 10.0. The molecule has 1 aromatic heterocycles. The van der Waals surface area contributed by atoms with Crippen LogP contribution in [-0.4, -0.2) is 29.3 Å². The van der Waals surface area contributed by atoms with E-state index in [0.717, 1.165) is 24.0 Å². The van der Waals surface area contributed by atoms with Crippen LogP contribution in [0.2, 0.25) is 0 Å². The van der Waals surface area contributed by atoms with E-state index in [1.807, 2.05) is 25.6 Å². The molecule has 0 aliphatic heterocycles. The van der Waals surface area contributed by atoms with Crippen LogP contribution >= 0.6 is 11.8 Å². The Balaban J connectivity index is 1.57. The van der Waals surface area contributed by atoms with Gasteiger partial charge in [-0.2, -0.15) is 0 Å². The van der Waals surface area contributed by atoms with Gasteiger partial charge >= 0.3 is 0 Å². The fourth-order valence-electron chi connectivity index (χ4n) is 3.31. The predicted octanol–water partition coefficient (Wildman–Crippen LogP) is 4.06. The molecule has 0 radical (unpaired) electrons. The number of rotatable bonds is 6. The van der Waals surface area contributed by atoms with Crippen molar-refractivity contribution in [1.82, 2.24) is 15.6 Å². The molecule has 26 heavy (non-hydrogen) atoms. The van der Waals surface area contributed by atoms with Crippen molar-refractivity contribution in [2.75, 3.05) is 13.6 Å². The van der Waals surface area contributed by atoms with E-state index in [1.54, 1.807) is 7.05 Å². The number of aliphatic imine (C=N–C) groups is 1. The SMILES string of the molecule is CN=C(NCc1nc(C)c(C)o1)NCC1(Sc2ccccc2)CCCC1. The highest BCUT2D eigenvalue weighted by atomic mass is 32.2. The third kappa shape index (κ3) is 4.81. The van der Waals surface area contributed by atoms with Crippen LogP contribution in [0.5, 0.6) is 0 Å². The molecule has 3 rings (SSSR count). The Morgan fingerprint density at radius 3 is 2.54 bits per heavy atom. The maximum Gasteiger partial charge on any atom is 0.214 e. The summed E-state index contributed by atoms with van der Waals surface area (Å²) < 4.78 is 5.86. The Labute approximate surface area is 160 Å². The van der Waals surface area contributed by atoms with Gasteiger partial charge < -0.3 is 15.1 Å². The van der Waals surface area contributed by atoms with Gasteiger partial charge in [0.05, 0.1) is 12.2 Å². The fourth-order valence-corrected chi connectivity index (χ4v) is 4.74. The number of aryl methyl sites for hydroxylation is 2. The molecule has 0 atom stereocenters. The van der Waals surface area contributed by atoms with E-state index >= 15 is 0 Å². The minimum atomic E-state index is 0.231. The number of thioether (sulfide) groups is 1. The Morgan fingerprint density at radius 2 is 1.92 bits per heavy atom. The topological polar surface area (TPSA) is 62.5 Å². The lowest BCUT2D eigenvalue weighted by atomic mass is 10.1. The number of hydrogen-bond donors (Lipinski definition) is 2. The molecule has 0 spiro atoms. The molecule has 0 bridgehead atoms. The van der Waals surface area contributed by atoms with Crippen LogP contribution in [-0.2, 0) is 6.54 Å². The number of nitrogens with zero attached hydrogens (tertiary/aromatic N) is 2.